The highest BCUT2D eigenvalue weighted by Crippen LogP contribution is 2.12. The van der Waals surface area contributed by atoms with Gasteiger partial charge in [-0.3, -0.25) is 0 Å². The molecule has 26 heavy (non-hydrogen) atoms. The van der Waals surface area contributed by atoms with E-state index in [0.29, 0.717) is 18.7 Å². The van der Waals surface area contributed by atoms with Gasteiger partial charge < -0.3 is 4.74 Å². The van der Waals surface area contributed by atoms with Gasteiger partial charge in [0.1, 0.15) is 18.7 Å². The Hall–Kier alpha value is -2.78. The minimum Gasteiger partial charge on any atom is -0.492 e. The largest absolute Gasteiger partial charge is 0.492 e. The molecule has 9 heteroatoms. The van der Waals surface area contributed by atoms with Crippen molar-refractivity contribution in [2.45, 2.75) is 17.9 Å². The van der Waals surface area contributed by atoms with Crippen molar-refractivity contribution in [3.63, 3.8) is 0 Å². The van der Waals surface area contributed by atoms with Crippen molar-refractivity contribution in [1.82, 2.24) is 24.9 Å². The zero-order valence-electron chi connectivity index (χ0n) is 14.0. The van der Waals surface area contributed by atoms with Gasteiger partial charge in [-0.25, -0.2) is 17.8 Å². The fourth-order valence-corrected chi connectivity index (χ4v) is 3.32. The van der Waals surface area contributed by atoms with Crippen molar-refractivity contribution in [2.24, 2.45) is 0 Å². The van der Waals surface area contributed by atoms with Crippen LogP contribution < -0.4 is 9.46 Å². The van der Waals surface area contributed by atoms with E-state index in [1.165, 1.54) is 0 Å². The number of nitrogens with zero attached hydrogens (tertiary/aromatic N) is 4. The summed E-state index contributed by atoms with van der Waals surface area (Å²) in [6, 6.07) is 16.0. The van der Waals surface area contributed by atoms with Gasteiger partial charge in [0.25, 0.3) is 0 Å². The summed E-state index contributed by atoms with van der Waals surface area (Å²) in [4.78, 5) is 0.225. The summed E-state index contributed by atoms with van der Waals surface area (Å²) in [5.74, 6) is 0.707. The summed E-state index contributed by atoms with van der Waals surface area (Å²) in [6.07, 6.45) is 2.25. The highest BCUT2D eigenvalue weighted by Gasteiger charge is 2.13. The first-order valence-electron chi connectivity index (χ1n) is 8.11. The number of benzene rings is 2. The molecule has 3 rings (SSSR count). The highest BCUT2D eigenvalue weighted by molar-refractivity contribution is 7.89. The van der Waals surface area contributed by atoms with E-state index >= 15 is 0 Å². The summed E-state index contributed by atoms with van der Waals surface area (Å²) in [5, 5.41) is 10.9. The van der Waals surface area contributed by atoms with Crippen LogP contribution in [0.25, 0.3) is 0 Å². The number of hydrogen-bond acceptors (Lipinski definition) is 6. The maximum Gasteiger partial charge on any atom is 0.240 e. The molecule has 136 valence electrons. The number of para-hydroxylation sites is 1. The second-order valence-corrected chi connectivity index (χ2v) is 7.29. The van der Waals surface area contributed by atoms with Crippen LogP contribution in [0.5, 0.6) is 5.75 Å². The molecule has 0 aliphatic heterocycles. The summed E-state index contributed by atoms with van der Waals surface area (Å²) >= 11 is 0. The standard InChI is InChI=1S/C17H19N5O3S/c23-26(24,19-11-13-25-16-4-2-1-3-5-16)17-8-6-15(7-9-17)10-12-22-14-18-20-21-22/h1-9,14,19H,10-13H2. The molecule has 2 aromatic carbocycles. The maximum absolute atomic E-state index is 12.3. The molecule has 1 aromatic heterocycles. The molecule has 8 nitrogen and oxygen atoms in total. The number of hydrogen-bond donors (Lipinski definition) is 1. The second-order valence-electron chi connectivity index (χ2n) is 5.53. The molecule has 0 aliphatic rings. The lowest BCUT2D eigenvalue weighted by atomic mass is 10.1. The Morgan fingerprint density at radius 3 is 2.50 bits per heavy atom. The Kier molecular flexibility index (Phi) is 5.92. The van der Waals surface area contributed by atoms with Crippen molar-refractivity contribution in [2.75, 3.05) is 13.2 Å². The summed E-state index contributed by atoms with van der Waals surface area (Å²) < 4.78 is 34.2. The van der Waals surface area contributed by atoms with Gasteiger partial charge in [-0.1, -0.05) is 30.3 Å². The highest BCUT2D eigenvalue weighted by atomic mass is 32.2. The minimum atomic E-state index is -3.56. The average molecular weight is 373 g/mol. The fraction of sp³-hybridized carbons (Fsp3) is 0.235. The van der Waals surface area contributed by atoms with E-state index in [9.17, 15) is 8.42 Å². The van der Waals surface area contributed by atoms with Crippen LogP contribution in [-0.4, -0.2) is 41.8 Å². The van der Waals surface area contributed by atoms with Gasteiger partial charge in [0.05, 0.1) is 4.90 Å². The van der Waals surface area contributed by atoms with E-state index in [1.54, 1.807) is 35.3 Å². The SMILES string of the molecule is O=S(=O)(NCCOc1ccccc1)c1ccc(CCn2cnnn2)cc1. The first kappa shape index (κ1) is 18.0. The Morgan fingerprint density at radius 1 is 1.04 bits per heavy atom. The molecule has 0 aliphatic carbocycles. The monoisotopic (exact) mass is 373 g/mol. The summed E-state index contributed by atoms with van der Waals surface area (Å²) in [7, 11) is -3.56. The van der Waals surface area contributed by atoms with Crippen LogP contribution in [0.3, 0.4) is 0 Å². The molecule has 0 spiro atoms. The topological polar surface area (TPSA) is 99.0 Å². The van der Waals surface area contributed by atoms with Crippen LogP contribution in [0, 0.1) is 0 Å². The van der Waals surface area contributed by atoms with E-state index in [2.05, 4.69) is 20.2 Å². The summed E-state index contributed by atoms with van der Waals surface area (Å²) in [5.41, 5.74) is 1.01. The molecule has 0 radical (unpaired) electrons. The van der Waals surface area contributed by atoms with Gasteiger partial charge in [-0.15, -0.1) is 5.10 Å². The Morgan fingerprint density at radius 2 is 1.81 bits per heavy atom. The quantitative estimate of drug-likeness (QED) is 0.567. The molecule has 1 N–H and O–H groups in total. The smallest absolute Gasteiger partial charge is 0.240 e. The molecule has 1 heterocycles. The van der Waals surface area contributed by atoms with Crippen LogP contribution in [0.4, 0.5) is 0 Å². The normalized spacial score (nSPS) is 11.4. The molecular weight excluding hydrogens is 354 g/mol. The van der Waals surface area contributed by atoms with Crippen molar-refractivity contribution < 1.29 is 13.2 Å². The molecule has 0 amide bonds. The van der Waals surface area contributed by atoms with Gasteiger partial charge in [0.2, 0.25) is 10.0 Å². The lowest BCUT2D eigenvalue weighted by Gasteiger charge is -2.09. The van der Waals surface area contributed by atoms with E-state index in [1.807, 2.05) is 30.3 Å². The van der Waals surface area contributed by atoms with Crippen molar-refractivity contribution in [3.05, 3.63) is 66.5 Å². The molecule has 0 saturated carbocycles. The van der Waals surface area contributed by atoms with Crippen LogP contribution in [0.15, 0.2) is 65.8 Å². The van der Waals surface area contributed by atoms with Crippen molar-refractivity contribution in [3.8, 4) is 5.75 Å². The second kappa shape index (κ2) is 8.54. The van der Waals surface area contributed by atoms with E-state index in [0.717, 1.165) is 5.56 Å². The number of aromatic nitrogens is 4. The van der Waals surface area contributed by atoms with Gasteiger partial charge >= 0.3 is 0 Å². The molecule has 0 saturated heterocycles. The van der Waals surface area contributed by atoms with Gasteiger partial charge in [-0.2, -0.15) is 0 Å². The number of tetrazole rings is 1. The molecule has 0 unspecified atom stereocenters. The lowest BCUT2D eigenvalue weighted by molar-refractivity contribution is 0.323. The Bertz CT molecular complexity index is 897. The Labute approximate surface area is 151 Å². The van der Waals surface area contributed by atoms with Crippen LogP contribution >= 0.6 is 0 Å². The fourth-order valence-electron chi connectivity index (χ4n) is 2.31. The van der Waals surface area contributed by atoms with Gasteiger partial charge in [0.15, 0.2) is 0 Å². The van der Waals surface area contributed by atoms with Gasteiger partial charge in [0, 0.05) is 13.1 Å². The first-order chi connectivity index (χ1) is 12.6. The zero-order valence-corrected chi connectivity index (χ0v) is 14.8. The predicted molar refractivity (Wildman–Crippen MR) is 95.1 cm³/mol. The molecule has 3 aromatic rings. The molecule has 0 fully saturated rings. The zero-order chi connectivity index (χ0) is 18.2. The predicted octanol–water partition coefficient (Wildman–Crippen LogP) is 1.27. The minimum absolute atomic E-state index is 0.193. The Balaban J connectivity index is 1.48. The van der Waals surface area contributed by atoms with Crippen LogP contribution in [-0.2, 0) is 23.0 Å². The molecule has 0 bridgehead atoms. The van der Waals surface area contributed by atoms with Crippen LogP contribution in [0.2, 0.25) is 0 Å². The first-order valence-corrected chi connectivity index (χ1v) is 9.59. The number of rotatable bonds is 9. The third-order valence-corrected chi connectivity index (χ3v) is 5.14. The van der Waals surface area contributed by atoms with E-state index in [4.69, 9.17) is 4.74 Å². The van der Waals surface area contributed by atoms with E-state index < -0.39 is 10.0 Å². The number of nitrogens with one attached hydrogen (secondary N) is 1. The third kappa shape index (κ3) is 5.11. The summed E-state index contributed by atoms with van der Waals surface area (Å²) in [6.45, 7) is 1.08. The lowest BCUT2D eigenvalue weighted by Crippen LogP contribution is -2.28. The molecule has 0 atom stereocenters. The maximum atomic E-state index is 12.3. The number of aryl methyl sites for hydroxylation is 2. The van der Waals surface area contributed by atoms with Crippen molar-refractivity contribution >= 4 is 10.0 Å². The van der Waals surface area contributed by atoms with Crippen molar-refractivity contribution in [1.29, 1.82) is 0 Å². The van der Waals surface area contributed by atoms with Crippen LogP contribution in [0.1, 0.15) is 5.56 Å². The number of ether oxygens (including phenoxy) is 1. The molecular formula is C17H19N5O3S. The average Bonchev–Trinajstić information content (AvgIpc) is 3.18. The number of sulfonamides is 1. The van der Waals surface area contributed by atoms with E-state index in [-0.39, 0.29) is 18.0 Å². The third-order valence-electron chi connectivity index (χ3n) is 3.66. The van der Waals surface area contributed by atoms with Gasteiger partial charge in [-0.05, 0) is 46.7 Å².